The fraction of sp³-hybridized carbons (Fsp3) is 0.292. The van der Waals surface area contributed by atoms with E-state index in [-0.39, 0.29) is 11.5 Å². The molecule has 0 unspecified atom stereocenters. The molecule has 8 heteroatoms. The lowest BCUT2D eigenvalue weighted by Crippen LogP contribution is -2.04. The fourth-order valence-electron chi connectivity index (χ4n) is 3.19. The highest BCUT2D eigenvalue weighted by Crippen LogP contribution is 2.28. The molecule has 0 fully saturated rings. The van der Waals surface area contributed by atoms with E-state index in [9.17, 15) is 9.59 Å². The maximum absolute atomic E-state index is 11.7. The first kappa shape index (κ1) is 24.5. The summed E-state index contributed by atoms with van der Waals surface area (Å²) >= 11 is 0. The number of nitrogen functional groups attached to an aromatic ring is 1. The number of aromatic carboxylic acids is 1. The highest BCUT2D eigenvalue weighted by Gasteiger charge is 2.15. The summed E-state index contributed by atoms with van der Waals surface area (Å²) in [6.07, 6.45) is 1.93. The minimum atomic E-state index is -0.980. The van der Waals surface area contributed by atoms with Crippen LogP contribution in [-0.4, -0.2) is 43.4 Å². The standard InChI is InChI=1S/C15H17NO3.C9H11NO3/c1-4-5-10-6-7-11-12(15(17)19-3)8-9-13(18-2)14(11)16-10;1-5-6(9(11)12)3-4-7(13-2)8(5)10/h6-9H,4-5H2,1-3H3;3-4H,10H2,1-2H3,(H,11,12). The average molecular weight is 440 g/mol. The molecule has 0 bridgehead atoms. The monoisotopic (exact) mass is 440 g/mol. The van der Waals surface area contributed by atoms with Crippen LogP contribution in [0.3, 0.4) is 0 Å². The Morgan fingerprint density at radius 2 is 1.59 bits per heavy atom. The van der Waals surface area contributed by atoms with Gasteiger partial charge in [-0.1, -0.05) is 13.3 Å². The van der Waals surface area contributed by atoms with Crippen LogP contribution in [0.4, 0.5) is 5.69 Å². The van der Waals surface area contributed by atoms with Crippen LogP contribution in [0.15, 0.2) is 36.4 Å². The third-order valence-corrected chi connectivity index (χ3v) is 4.93. The molecule has 32 heavy (non-hydrogen) atoms. The number of carbonyl (C=O) groups is 2. The van der Waals surface area contributed by atoms with E-state index in [1.165, 1.54) is 20.3 Å². The van der Waals surface area contributed by atoms with Crippen molar-refractivity contribution in [3.63, 3.8) is 0 Å². The van der Waals surface area contributed by atoms with Gasteiger partial charge >= 0.3 is 11.9 Å². The number of rotatable bonds is 6. The Labute approximate surface area is 186 Å². The number of methoxy groups -OCH3 is 3. The summed E-state index contributed by atoms with van der Waals surface area (Å²) in [5, 5.41) is 9.51. The van der Waals surface area contributed by atoms with E-state index >= 15 is 0 Å². The number of pyridine rings is 1. The summed E-state index contributed by atoms with van der Waals surface area (Å²) in [6.45, 7) is 3.76. The number of hydrogen-bond acceptors (Lipinski definition) is 7. The van der Waals surface area contributed by atoms with Gasteiger partial charge in [-0.05, 0) is 55.3 Å². The number of aromatic nitrogens is 1. The number of anilines is 1. The first-order chi connectivity index (χ1) is 15.3. The summed E-state index contributed by atoms with van der Waals surface area (Å²) in [6, 6.07) is 10.3. The zero-order valence-corrected chi connectivity index (χ0v) is 18.9. The van der Waals surface area contributed by atoms with Gasteiger partial charge in [0, 0.05) is 11.1 Å². The molecule has 0 saturated heterocycles. The van der Waals surface area contributed by atoms with Crippen LogP contribution >= 0.6 is 0 Å². The molecule has 0 spiro atoms. The minimum absolute atomic E-state index is 0.207. The number of carbonyl (C=O) groups excluding carboxylic acids is 1. The number of ether oxygens (including phenoxy) is 3. The second-order valence-corrected chi connectivity index (χ2v) is 6.91. The van der Waals surface area contributed by atoms with Gasteiger partial charge in [0.1, 0.15) is 17.0 Å². The first-order valence-electron chi connectivity index (χ1n) is 10.00. The number of fused-ring (bicyclic) bond motifs is 1. The lowest BCUT2D eigenvalue weighted by Gasteiger charge is -2.10. The molecule has 2 aromatic carbocycles. The van der Waals surface area contributed by atoms with Gasteiger partial charge in [-0.15, -0.1) is 0 Å². The molecule has 3 aromatic rings. The van der Waals surface area contributed by atoms with Crippen LogP contribution in [0.5, 0.6) is 11.5 Å². The van der Waals surface area contributed by atoms with Gasteiger partial charge in [0.2, 0.25) is 0 Å². The number of hydrogen-bond donors (Lipinski definition) is 2. The molecule has 1 heterocycles. The van der Waals surface area contributed by atoms with Crippen LogP contribution < -0.4 is 15.2 Å². The molecule has 0 radical (unpaired) electrons. The van der Waals surface area contributed by atoms with E-state index in [0.717, 1.165) is 23.9 Å². The molecule has 0 aliphatic carbocycles. The molecule has 0 aliphatic heterocycles. The van der Waals surface area contributed by atoms with Crippen molar-refractivity contribution in [1.29, 1.82) is 0 Å². The second kappa shape index (κ2) is 11.0. The van der Waals surface area contributed by atoms with E-state index in [2.05, 4.69) is 11.9 Å². The van der Waals surface area contributed by atoms with Crippen LogP contribution in [0.2, 0.25) is 0 Å². The van der Waals surface area contributed by atoms with Gasteiger partial charge in [0.05, 0.1) is 38.1 Å². The third kappa shape index (κ3) is 5.26. The van der Waals surface area contributed by atoms with Gasteiger partial charge < -0.3 is 25.1 Å². The molecule has 3 N–H and O–H groups in total. The van der Waals surface area contributed by atoms with Crippen LogP contribution in [0.25, 0.3) is 10.9 Å². The molecule has 0 amide bonds. The lowest BCUT2D eigenvalue weighted by atomic mass is 10.1. The van der Waals surface area contributed by atoms with Gasteiger partial charge in [-0.25, -0.2) is 14.6 Å². The Bertz CT molecular complexity index is 1130. The van der Waals surface area contributed by atoms with E-state index < -0.39 is 5.97 Å². The topological polar surface area (TPSA) is 121 Å². The maximum atomic E-state index is 11.7. The number of nitrogens with zero attached hydrogens (tertiary/aromatic N) is 1. The Morgan fingerprint density at radius 1 is 0.969 bits per heavy atom. The number of esters is 1. The summed E-state index contributed by atoms with van der Waals surface area (Å²) in [4.78, 5) is 27.0. The zero-order valence-electron chi connectivity index (χ0n) is 18.9. The van der Waals surface area contributed by atoms with E-state index in [4.69, 9.17) is 25.1 Å². The molecular formula is C24H28N2O6. The van der Waals surface area contributed by atoms with Gasteiger partial charge in [-0.2, -0.15) is 0 Å². The molecule has 8 nitrogen and oxygen atoms in total. The molecule has 0 saturated carbocycles. The average Bonchev–Trinajstić information content (AvgIpc) is 2.79. The lowest BCUT2D eigenvalue weighted by molar-refractivity contribution is 0.0602. The van der Waals surface area contributed by atoms with E-state index in [1.54, 1.807) is 32.2 Å². The van der Waals surface area contributed by atoms with Crippen LogP contribution in [0, 0.1) is 6.92 Å². The molecule has 0 aliphatic rings. The number of benzene rings is 2. The fourth-order valence-corrected chi connectivity index (χ4v) is 3.19. The smallest absolute Gasteiger partial charge is 0.338 e. The highest BCUT2D eigenvalue weighted by atomic mass is 16.5. The molecule has 170 valence electrons. The van der Waals surface area contributed by atoms with Crippen LogP contribution in [-0.2, 0) is 11.2 Å². The summed E-state index contributed by atoms with van der Waals surface area (Å²) in [5.74, 6) is -0.173. The summed E-state index contributed by atoms with van der Waals surface area (Å²) < 4.78 is 15.0. The maximum Gasteiger partial charge on any atom is 0.338 e. The molecule has 1 aromatic heterocycles. The second-order valence-electron chi connectivity index (χ2n) is 6.91. The zero-order chi connectivity index (χ0) is 23.8. The summed E-state index contributed by atoms with van der Waals surface area (Å²) in [5.41, 5.74) is 8.97. The van der Waals surface area contributed by atoms with Gasteiger partial charge in [0.25, 0.3) is 0 Å². The Balaban J connectivity index is 0.000000244. The third-order valence-electron chi connectivity index (χ3n) is 4.93. The van der Waals surface area contributed by atoms with Crippen molar-refractivity contribution in [2.24, 2.45) is 0 Å². The van der Waals surface area contributed by atoms with Gasteiger partial charge in [-0.3, -0.25) is 0 Å². The van der Waals surface area contributed by atoms with Crippen molar-refractivity contribution in [2.45, 2.75) is 26.7 Å². The molecular weight excluding hydrogens is 412 g/mol. The minimum Gasteiger partial charge on any atom is -0.495 e. The Hall–Kier alpha value is -3.81. The number of nitrogens with two attached hydrogens (primary N) is 1. The van der Waals surface area contributed by atoms with Crippen molar-refractivity contribution in [2.75, 3.05) is 27.1 Å². The van der Waals surface area contributed by atoms with Crippen LogP contribution in [0.1, 0.15) is 45.3 Å². The SMILES string of the molecule is CCCc1ccc2c(C(=O)OC)ccc(OC)c2n1.COc1ccc(C(=O)O)c(C)c1N. The predicted octanol–water partition coefficient (Wildman–Crippen LogP) is 4.27. The Kier molecular flexibility index (Phi) is 8.40. The largest absolute Gasteiger partial charge is 0.495 e. The number of aryl methyl sites for hydroxylation is 1. The van der Waals surface area contributed by atoms with Crippen molar-refractivity contribution in [3.8, 4) is 11.5 Å². The first-order valence-corrected chi connectivity index (χ1v) is 10.00. The quantitative estimate of drug-likeness (QED) is 0.431. The van der Waals surface area contributed by atoms with Crippen molar-refractivity contribution >= 4 is 28.5 Å². The van der Waals surface area contributed by atoms with Gasteiger partial charge in [0.15, 0.2) is 0 Å². The summed E-state index contributed by atoms with van der Waals surface area (Å²) in [7, 11) is 4.46. The van der Waals surface area contributed by atoms with E-state index in [0.29, 0.717) is 33.8 Å². The number of carboxylic acids is 1. The normalized spacial score (nSPS) is 10.2. The Morgan fingerprint density at radius 3 is 2.16 bits per heavy atom. The van der Waals surface area contributed by atoms with E-state index in [1.807, 2.05) is 12.1 Å². The van der Waals surface area contributed by atoms with Crippen molar-refractivity contribution in [3.05, 3.63) is 58.8 Å². The van der Waals surface area contributed by atoms with Crippen molar-refractivity contribution in [1.82, 2.24) is 4.98 Å². The predicted molar refractivity (Wildman–Crippen MR) is 123 cm³/mol. The highest BCUT2D eigenvalue weighted by molar-refractivity contribution is 6.05. The molecule has 0 atom stereocenters. The number of carboxylic acid groups (broad SMARTS) is 1. The van der Waals surface area contributed by atoms with Crippen molar-refractivity contribution < 1.29 is 28.9 Å². The molecule has 3 rings (SSSR count).